The highest BCUT2D eigenvalue weighted by Crippen LogP contribution is 2.33. The molecule has 1 radical (unpaired) electrons. The molecule has 0 aromatic heterocycles. The number of carbonyl (C=O) groups excluding carboxylic acids is 1. The summed E-state index contributed by atoms with van der Waals surface area (Å²) in [6.07, 6.45) is 7.31. The van der Waals surface area contributed by atoms with Crippen LogP contribution in [0.15, 0.2) is 0 Å². The zero-order chi connectivity index (χ0) is 8.97. The first kappa shape index (κ1) is 9.76. The van der Waals surface area contributed by atoms with Gasteiger partial charge in [0, 0.05) is 12.8 Å². The Morgan fingerprint density at radius 3 is 2.50 bits per heavy atom. The third-order valence-corrected chi connectivity index (χ3v) is 2.98. The van der Waals surface area contributed by atoms with E-state index in [4.69, 9.17) is 0 Å². The van der Waals surface area contributed by atoms with Gasteiger partial charge in [0.1, 0.15) is 5.78 Å². The van der Waals surface area contributed by atoms with Crippen LogP contribution in [0.1, 0.15) is 45.4 Å². The van der Waals surface area contributed by atoms with E-state index < -0.39 is 0 Å². The van der Waals surface area contributed by atoms with Crippen LogP contribution in [-0.2, 0) is 4.79 Å². The summed E-state index contributed by atoms with van der Waals surface area (Å²) in [4.78, 5) is 11.2. The molecule has 0 aromatic carbocycles. The van der Waals surface area contributed by atoms with Crippen molar-refractivity contribution >= 4 is 5.78 Å². The monoisotopic (exact) mass is 167 g/mol. The maximum absolute atomic E-state index is 11.2. The molecule has 0 bridgehead atoms. The lowest BCUT2D eigenvalue weighted by atomic mass is 9.84. The van der Waals surface area contributed by atoms with E-state index in [2.05, 4.69) is 13.8 Å². The molecule has 69 valence electrons. The Kier molecular flexibility index (Phi) is 3.77. The average Bonchev–Trinajstić information content (AvgIpc) is 2.51. The number of hydrogen-bond acceptors (Lipinski definition) is 1. The zero-order valence-corrected chi connectivity index (χ0v) is 8.01. The first-order chi connectivity index (χ1) is 5.75. The highest BCUT2D eigenvalue weighted by atomic mass is 16.1. The Bertz CT molecular complexity index is 145. The molecule has 0 amide bonds. The van der Waals surface area contributed by atoms with Gasteiger partial charge in [-0.1, -0.05) is 26.2 Å². The summed E-state index contributed by atoms with van der Waals surface area (Å²) in [5.74, 6) is 1.11. The van der Waals surface area contributed by atoms with E-state index in [-0.39, 0.29) is 11.7 Å². The maximum Gasteiger partial charge on any atom is 0.136 e. The van der Waals surface area contributed by atoms with Crippen molar-refractivity contribution in [3.05, 3.63) is 6.92 Å². The van der Waals surface area contributed by atoms with Gasteiger partial charge in [-0.05, 0) is 25.2 Å². The molecule has 1 saturated carbocycles. The van der Waals surface area contributed by atoms with Crippen molar-refractivity contribution < 1.29 is 4.79 Å². The maximum atomic E-state index is 11.2. The second-order valence-corrected chi connectivity index (χ2v) is 3.91. The molecule has 0 aromatic rings. The van der Waals surface area contributed by atoms with Crippen LogP contribution in [0.5, 0.6) is 0 Å². The smallest absolute Gasteiger partial charge is 0.136 e. The number of carbonyl (C=O) groups is 1. The Morgan fingerprint density at radius 1 is 1.50 bits per heavy atom. The number of ketones is 1. The zero-order valence-electron chi connectivity index (χ0n) is 8.01. The molecule has 1 aliphatic carbocycles. The van der Waals surface area contributed by atoms with Crippen molar-refractivity contribution in [3.63, 3.8) is 0 Å². The summed E-state index contributed by atoms with van der Waals surface area (Å²) >= 11 is 0. The SMILES string of the molecule is [CH2]C(=O)C(CCC)C1CCCC1. The standard InChI is InChI=1S/C11H19O/c1-3-6-11(9(2)12)10-7-4-5-8-10/h10-11H,2-8H2,1H3. The first-order valence-electron chi connectivity index (χ1n) is 5.11. The highest BCUT2D eigenvalue weighted by molar-refractivity contribution is 5.85. The molecular formula is C11H19O. The summed E-state index contributed by atoms with van der Waals surface area (Å²) in [7, 11) is 0. The Labute approximate surface area is 75.5 Å². The van der Waals surface area contributed by atoms with Crippen LogP contribution < -0.4 is 0 Å². The van der Waals surface area contributed by atoms with Crippen LogP contribution in [0, 0.1) is 18.8 Å². The summed E-state index contributed by atoms with van der Waals surface area (Å²) < 4.78 is 0. The molecule has 1 fully saturated rings. The van der Waals surface area contributed by atoms with Gasteiger partial charge in [-0.15, -0.1) is 0 Å². The van der Waals surface area contributed by atoms with Crippen molar-refractivity contribution in [1.29, 1.82) is 0 Å². The third-order valence-electron chi connectivity index (χ3n) is 2.98. The van der Waals surface area contributed by atoms with Gasteiger partial charge in [0.15, 0.2) is 0 Å². The molecular weight excluding hydrogens is 148 g/mol. The van der Waals surface area contributed by atoms with Crippen LogP contribution >= 0.6 is 0 Å². The topological polar surface area (TPSA) is 17.1 Å². The van der Waals surface area contributed by atoms with Crippen molar-refractivity contribution in [2.24, 2.45) is 11.8 Å². The van der Waals surface area contributed by atoms with Crippen molar-refractivity contribution in [2.75, 3.05) is 0 Å². The van der Waals surface area contributed by atoms with Crippen LogP contribution in [-0.4, -0.2) is 5.78 Å². The minimum Gasteiger partial charge on any atom is -0.299 e. The minimum absolute atomic E-state index is 0.170. The summed E-state index contributed by atoms with van der Waals surface area (Å²) in [6.45, 7) is 5.71. The first-order valence-corrected chi connectivity index (χ1v) is 5.11. The average molecular weight is 167 g/mol. The number of rotatable bonds is 4. The Balaban J connectivity index is 2.45. The summed E-state index contributed by atoms with van der Waals surface area (Å²) in [5.41, 5.74) is 0. The summed E-state index contributed by atoms with van der Waals surface area (Å²) in [6, 6.07) is 0. The van der Waals surface area contributed by atoms with E-state index in [1.165, 1.54) is 25.7 Å². The molecule has 1 rings (SSSR count). The minimum atomic E-state index is 0.170. The molecule has 1 nitrogen and oxygen atoms in total. The largest absolute Gasteiger partial charge is 0.299 e. The molecule has 0 N–H and O–H groups in total. The van der Waals surface area contributed by atoms with Gasteiger partial charge in [-0.25, -0.2) is 0 Å². The van der Waals surface area contributed by atoms with Crippen molar-refractivity contribution in [3.8, 4) is 0 Å². The second-order valence-electron chi connectivity index (χ2n) is 3.91. The highest BCUT2D eigenvalue weighted by Gasteiger charge is 2.27. The van der Waals surface area contributed by atoms with Gasteiger partial charge in [-0.3, -0.25) is 4.79 Å². The number of hydrogen-bond donors (Lipinski definition) is 0. The van der Waals surface area contributed by atoms with Gasteiger partial charge in [0.2, 0.25) is 0 Å². The quantitative estimate of drug-likeness (QED) is 0.629. The van der Waals surface area contributed by atoms with Crippen molar-refractivity contribution in [2.45, 2.75) is 45.4 Å². The molecule has 1 heteroatoms. The van der Waals surface area contributed by atoms with E-state index in [0.717, 1.165) is 12.8 Å². The van der Waals surface area contributed by atoms with Gasteiger partial charge in [0.25, 0.3) is 0 Å². The molecule has 1 unspecified atom stereocenters. The molecule has 0 spiro atoms. The lowest BCUT2D eigenvalue weighted by molar-refractivity contribution is -0.120. The fourth-order valence-electron chi connectivity index (χ4n) is 2.33. The normalized spacial score (nSPS) is 21.2. The van der Waals surface area contributed by atoms with Gasteiger partial charge >= 0.3 is 0 Å². The van der Waals surface area contributed by atoms with E-state index in [1.807, 2.05) is 0 Å². The predicted molar refractivity (Wildman–Crippen MR) is 50.7 cm³/mol. The fraction of sp³-hybridized carbons (Fsp3) is 0.818. The van der Waals surface area contributed by atoms with E-state index in [9.17, 15) is 4.79 Å². The molecule has 0 aliphatic heterocycles. The predicted octanol–water partition coefficient (Wildman–Crippen LogP) is 3.00. The van der Waals surface area contributed by atoms with Crippen molar-refractivity contribution in [1.82, 2.24) is 0 Å². The Hall–Kier alpha value is -0.330. The molecule has 12 heavy (non-hydrogen) atoms. The van der Waals surface area contributed by atoms with Gasteiger partial charge < -0.3 is 0 Å². The molecule has 0 saturated heterocycles. The van der Waals surface area contributed by atoms with Gasteiger partial charge in [0.05, 0.1) is 0 Å². The molecule has 1 aliphatic rings. The van der Waals surface area contributed by atoms with Crippen LogP contribution in [0.25, 0.3) is 0 Å². The lowest BCUT2D eigenvalue weighted by Gasteiger charge is -2.19. The Morgan fingerprint density at radius 2 is 2.08 bits per heavy atom. The van der Waals surface area contributed by atoms with Crippen LogP contribution in [0.4, 0.5) is 0 Å². The van der Waals surface area contributed by atoms with E-state index in [0.29, 0.717) is 5.92 Å². The molecule has 1 atom stereocenters. The fourth-order valence-corrected chi connectivity index (χ4v) is 2.33. The van der Waals surface area contributed by atoms with E-state index in [1.54, 1.807) is 0 Å². The van der Waals surface area contributed by atoms with Gasteiger partial charge in [-0.2, -0.15) is 0 Å². The van der Waals surface area contributed by atoms with Crippen LogP contribution in [0.3, 0.4) is 0 Å². The van der Waals surface area contributed by atoms with E-state index >= 15 is 0 Å². The lowest BCUT2D eigenvalue weighted by Crippen LogP contribution is -2.19. The number of Topliss-reactive ketones (excluding diaryl/α,β-unsaturated/α-hetero) is 1. The summed E-state index contributed by atoms with van der Waals surface area (Å²) in [5, 5.41) is 0. The second kappa shape index (κ2) is 4.64. The molecule has 0 heterocycles. The van der Waals surface area contributed by atoms with Crippen LogP contribution in [0.2, 0.25) is 0 Å². The third kappa shape index (κ3) is 2.33.